The number of nitrogens with one attached hydrogen (secondary N) is 1. The molecule has 1 atom stereocenters. The van der Waals surface area contributed by atoms with Crippen LogP contribution in [0.4, 0.5) is 0 Å². The normalized spacial score (nSPS) is 18.6. The van der Waals surface area contributed by atoms with Crippen molar-refractivity contribution in [3.05, 3.63) is 0 Å². The van der Waals surface area contributed by atoms with Crippen LogP contribution in [0.3, 0.4) is 0 Å². The van der Waals surface area contributed by atoms with Crippen LogP contribution in [0.25, 0.3) is 0 Å². The van der Waals surface area contributed by atoms with Gasteiger partial charge in [-0.05, 0) is 12.8 Å². The molecule has 0 aromatic heterocycles. The lowest BCUT2D eigenvalue weighted by Gasteiger charge is -2.22. The van der Waals surface area contributed by atoms with Crippen molar-refractivity contribution in [1.29, 1.82) is 0 Å². The number of amides is 1. The van der Waals surface area contributed by atoms with Gasteiger partial charge in [0, 0.05) is 11.8 Å². The summed E-state index contributed by atoms with van der Waals surface area (Å²) in [4.78, 5) is 22.0. The standard InChI is InChI=1S/C11H20N2O3S/c12-9(11(15)16)6-17-7-10(14)13-8-4-2-1-3-5-8/h8-9H,1-7,12H2,(H,13,14)(H,15,16). The van der Waals surface area contributed by atoms with Crippen LogP contribution >= 0.6 is 11.8 Å². The molecule has 0 aromatic carbocycles. The first-order valence-electron chi connectivity index (χ1n) is 5.95. The highest BCUT2D eigenvalue weighted by molar-refractivity contribution is 8.00. The Hall–Kier alpha value is -0.750. The first kappa shape index (κ1) is 14.3. The van der Waals surface area contributed by atoms with E-state index in [-0.39, 0.29) is 17.4 Å². The van der Waals surface area contributed by atoms with Gasteiger partial charge in [0.05, 0.1) is 5.75 Å². The maximum atomic E-state index is 11.5. The molecule has 1 rings (SSSR count). The van der Waals surface area contributed by atoms with E-state index in [2.05, 4.69) is 5.32 Å². The third-order valence-electron chi connectivity index (χ3n) is 2.82. The molecule has 0 aromatic rings. The highest BCUT2D eigenvalue weighted by Crippen LogP contribution is 2.17. The van der Waals surface area contributed by atoms with Crippen molar-refractivity contribution in [3.8, 4) is 0 Å². The number of hydrogen-bond acceptors (Lipinski definition) is 4. The van der Waals surface area contributed by atoms with E-state index in [1.807, 2.05) is 0 Å². The first-order valence-corrected chi connectivity index (χ1v) is 7.10. The van der Waals surface area contributed by atoms with E-state index in [9.17, 15) is 9.59 Å². The fourth-order valence-corrected chi connectivity index (χ4v) is 2.65. The number of nitrogens with two attached hydrogens (primary N) is 1. The van der Waals surface area contributed by atoms with Crippen LogP contribution in [0.2, 0.25) is 0 Å². The zero-order valence-corrected chi connectivity index (χ0v) is 10.7. The molecule has 0 radical (unpaired) electrons. The number of carboxylic acid groups (broad SMARTS) is 1. The Morgan fingerprint density at radius 2 is 2.00 bits per heavy atom. The molecule has 0 heterocycles. The first-order chi connectivity index (χ1) is 8.09. The molecule has 1 amide bonds. The molecule has 17 heavy (non-hydrogen) atoms. The fraction of sp³-hybridized carbons (Fsp3) is 0.818. The lowest BCUT2D eigenvalue weighted by Crippen LogP contribution is -2.38. The van der Waals surface area contributed by atoms with Gasteiger partial charge in [0.1, 0.15) is 6.04 Å². The van der Waals surface area contributed by atoms with Crippen molar-refractivity contribution in [1.82, 2.24) is 5.32 Å². The largest absolute Gasteiger partial charge is 0.480 e. The van der Waals surface area contributed by atoms with Gasteiger partial charge < -0.3 is 16.2 Å². The minimum Gasteiger partial charge on any atom is -0.480 e. The predicted molar refractivity (Wildman–Crippen MR) is 68.0 cm³/mol. The van der Waals surface area contributed by atoms with E-state index in [1.54, 1.807) is 0 Å². The fourth-order valence-electron chi connectivity index (χ4n) is 1.87. The average Bonchev–Trinajstić information content (AvgIpc) is 2.30. The van der Waals surface area contributed by atoms with Gasteiger partial charge >= 0.3 is 5.97 Å². The van der Waals surface area contributed by atoms with Crippen LogP contribution in [0.5, 0.6) is 0 Å². The second kappa shape index (κ2) is 7.55. The predicted octanol–water partition coefficient (Wildman–Crippen LogP) is 0.580. The highest BCUT2D eigenvalue weighted by atomic mass is 32.2. The molecule has 0 bridgehead atoms. The van der Waals surface area contributed by atoms with Crippen LogP contribution in [0.1, 0.15) is 32.1 Å². The Labute approximate surface area is 106 Å². The Kier molecular flexibility index (Phi) is 6.36. The van der Waals surface area contributed by atoms with Gasteiger partial charge in [-0.25, -0.2) is 0 Å². The number of thioether (sulfide) groups is 1. The molecule has 6 heteroatoms. The number of hydrogen-bond donors (Lipinski definition) is 3. The van der Waals surface area contributed by atoms with Gasteiger partial charge in [0.2, 0.25) is 5.91 Å². The number of aliphatic carboxylic acids is 1. The molecule has 98 valence electrons. The number of carbonyl (C=O) groups excluding carboxylic acids is 1. The summed E-state index contributed by atoms with van der Waals surface area (Å²) >= 11 is 1.27. The molecule has 1 saturated carbocycles. The molecule has 1 unspecified atom stereocenters. The second-order valence-corrected chi connectivity index (χ2v) is 5.39. The number of carbonyl (C=O) groups is 2. The van der Waals surface area contributed by atoms with Gasteiger partial charge in [-0.15, -0.1) is 11.8 Å². The van der Waals surface area contributed by atoms with Gasteiger partial charge in [-0.3, -0.25) is 9.59 Å². The Bertz CT molecular complexity index is 267. The van der Waals surface area contributed by atoms with Crippen LogP contribution in [0, 0.1) is 0 Å². The van der Waals surface area contributed by atoms with Gasteiger partial charge in [-0.1, -0.05) is 19.3 Å². The summed E-state index contributed by atoms with van der Waals surface area (Å²) in [7, 11) is 0. The smallest absolute Gasteiger partial charge is 0.321 e. The number of carboxylic acids is 1. The average molecular weight is 260 g/mol. The summed E-state index contributed by atoms with van der Waals surface area (Å²) in [6.45, 7) is 0. The summed E-state index contributed by atoms with van der Waals surface area (Å²) in [6.07, 6.45) is 5.74. The zero-order valence-electron chi connectivity index (χ0n) is 9.85. The van der Waals surface area contributed by atoms with Crippen molar-refractivity contribution in [2.75, 3.05) is 11.5 Å². The maximum absolute atomic E-state index is 11.5. The minimum absolute atomic E-state index is 0.0144. The molecule has 5 nitrogen and oxygen atoms in total. The van der Waals surface area contributed by atoms with E-state index < -0.39 is 12.0 Å². The SMILES string of the molecule is NC(CSCC(=O)NC1CCCCC1)C(=O)O. The van der Waals surface area contributed by atoms with Crippen molar-refractivity contribution in [2.24, 2.45) is 5.73 Å². The van der Waals surface area contributed by atoms with E-state index in [0.29, 0.717) is 6.04 Å². The second-order valence-electron chi connectivity index (χ2n) is 4.36. The Morgan fingerprint density at radius 1 is 1.35 bits per heavy atom. The molecule has 1 aliphatic carbocycles. The highest BCUT2D eigenvalue weighted by Gasteiger charge is 2.16. The molecule has 4 N–H and O–H groups in total. The zero-order chi connectivity index (χ0) is 12.7. The summed E-state index contributed by atoms with van der Waals surface area (Å²) in [5.74, 6) is -0.477. The van der Waals surface area contributed by atoms with Crippen LogP contribution < -0.4 is 11.1 Å². The molecular weight excluding hydrogens is 240 g/mol. The lowest BCUT2D eigenvalue weighted by molar-refractivity contribution is -0.138. The van der Waals surface area contributed by atoms with Crippen LogP contribution in [-0.4, -0.2) is 40.6 Å². The van der Waals surface area contributed by atoms with E-state index in [4.69, 9.17) is 10.8 Å². The van der Waals surface area contributed by atoms with Crippen LogP contribution in [0.15, 0.2) is 0 Å². The molecule has 0 saturated heterocycles. The molecular formula is C11H20N2O3S. The van der Waals surface area contributed by atoms with Gasteiger partial charge in [0.15, 0.2) is 0 Å². The summed E-state index contributed by atoms with van der Waals surface area (Å²) < 4.78 is 0. The lowest BCUT2D eigenvalue weighted by atomic mass is 9.95. The summed E-state index contributed by atoms with van der Waals surface area (Å²) in [6, 6.07) is -0.576. The van der Waals surface area contributed by atoms with Crippen molar-refractivity contribution in [3.63, 3.8) is 0 Å². The molecule has 1 fully saturated rings. The monoisotopic (exact) mass is 260 g/mol. The van der Waals surface area contributed by atoms with E-state index in [0.717, 1.165) is 12.8 Å². The van der Waals surface area contributed by atoms with Crippen molar-refractivity contribution >= 4 is 23.6 Å². The maximum Gasteiger partial charge on any atom is 0.321 e. The molecule has 1 aliphatic rings. The minimum atomic E-state index is -1.02. The Morgan fingerprint density at radius 3 is 2.59 bits per heavy atom. The topological polar surface area (TPSA) is 92.4 Å². The van der Waals surface area contributed by atoms with Crippen molar-refractivity contribution in [2.45, 2.75) is 44.2 Å². The van der Waals surface area contributed by atoms with E-state index in [1.165, 1.54) is 31.0 Å². The van der Waals surface area contributed by atoms with Crippen molar-refractivity contribution < 1.29 is 14.7 Å². The van der Waals surface area contributed by atoms with E-state index >= 15 is 0 Å². The third-order valence-corrected chi connectivity index (χ3v) is 3.88. The summed E-state index contributed by atoms with van der Waals surface area (Å²) in [5, 5.41) is 11.5. The third kappa shape index (κ3) is 5.93. The summed E-state index contributed by atoms with van der Waals surface area (Å²) in [5.41, 5.74) is 5.33. The van der Waals surface area contributed by atoms with Gasteiger partial charge in [0.25, 0.3) is 0 Å². The van der Waals surface area contributed by atoms with Gasteiger partial charge in [-0.2, -0.15) is 0 Å². The molecule has 0 spiro atoms. The molecule has 0 aliphatic heterocycles. The number of rotatable bonds is 6. The Balaban J connectivity index is 2.10. The van der Waals surface area contributed by atoms with Crippen LogP contribution in [-0.2, 0) is 9.59 Å². The quantitative estimate of drug-likeness (QED) is 0.649.